The Hall–Kier alpha value is 0.620. The third kappa shape index (κ3) is 32.5. The topological polar surface area (TPSA) is 3.24 Å². The molecule has 1 rings (SSSR count). The largest absolute Gasteiger partial charge is 0.312 e. The van der Waals surface area contributed by atoms with Crippen LogP contribution in [0.1, 0.15) is 0 Å². The molecule has 0 bridgehead atoms. The van der Waals surface area contributed by atoms with E-state index in [9.17, 15) is 0 Å². The molecule has 80 valence electrons. The van der Waals surface area contributed by atoms with Crippen LogP contribution in [-0.4, -0.2) is 26.0 Å². The molecule has 4 heteroatoms. The Labute approximate surface area is 113 Å². The molecule has 13 heavy (non-hydrogen) atoms. The van der Waals surface area contributed by atoms with Gasteiger partial charge in [0.2, 0.25) is 0 Å². The fourth-order valence-corrected chi connectivity index (χ4v) is 0.385. The molecular weight excluding hydrogens is 362 g/mol. The number of halogens is 3. The normalized spacial score (nSPS) is 6.46. The number of rotatable bonds is 0. The minimum atomic E-state index is 0. The minimum absolute atomic E-state index is 0. The van der Waals surface area contributed by atoms with Crippen molar-refractivity contribution in [3.05, 3.63) is 36.4 Å². The van der Waals surface area contributed by atoms with Crippen LogP contribution in [0.4, 0.5) is 0 Å². The molecule has 0 aliphatic carbocycles. The highest BCUT2D eigenvalue weighted by Gasteiger charge is 1.58. The molecule has 0 unspecified atom stereocenters. The third-order valence-electron chi connectivity index (χ3n) is 0.667. The second-order valence-electron chi connectivity index (χ2n) is 2.50. The van der Waals surface area contributed by atoms with E-state index >= 15 is 0 Å². The maximum atomic E-state index is 2.00. The molecule has 0 N–H and O–H groups in total. The fraction of sp³-hybridized carbons (Fsp3) is 0.333. The molecular formula is C9H18Br3N. The number of benzene rings is 1. The highest BCUT2D eigenvalue weighted by molar-refractivity contribution is 8.93. The highest BCUT2D eigenvalue weighted by atomic mass is 79.9. The van der Waals surface area contributed by atoms with Gasteiger partial charge in [-0.25, -0.2) is 0 Å². The summed E-state index contributed by atoms with van der Waals surface area (Å²) in [6.07, 6.45) is 0. The lowest BCUT2D eigenvalue weighted by Crippen LogP contribution is -1.99. The van der Waals surface area contributed by atoms with Crippen LogP contribution in [0.2, 0.25) is 0 Å². The lowest BCUT2D eigenvalue weighted by Gasteiger charge is -1.90. The third-order valence-corrected chi connectivity index (χ3v) is 0.667. The summed E-state index contributed by atoms with van der Waals surface area (Å²) in [7, 11) is 6.00. The molecule has 0 atom stereocenters. The van der Waals surface area contributed by atoms with E-state index in [2.05, 4.69) is 0 Å². The Morgan fingerprint density at radius 2 is 0.615 bits per heavy atom. The van der Waals surface area contributed by atoms with Gasteiger partial charge in [0.25, 0.3) is 0 Å². The number of nitrogens with zero attached hydrogens (tertiary/aromatic N) is 1. The van der Waals surface area contributed by atoms with Crippen molar-refractivity contribution in [3.8, 4) is 0 Å². The van der Waals surface area contributed by atoms with Gasteiger partial charge in [-0.3, -0.25) is 0 Å². The zero-order chi connectivity index (χ0) is 7.82. The molecule has 1 nitrogen and oxygen atoms in total. The minimum Gasteiger partial charge on any atom is -0.312 e. The van der Waals surface area contributed by atoms with E-state index in [0.717, 1.165) is 0 Å². The van der Waals surface area contributed by atoms with Gasteiger partial charge in [-0.15, -0.1) is 50.9 Å². The van der Waals surface area contributed by atoms with Gasteiger partial charge in [-0.1, -0.05) is 36.4 Å². The molecule has 1 aromatic carbocycles. The van der Waals surface area contributed by atoms with Gasteiger partial charge in [0, 0.05) is 0 Å². The van der Waals surface area contributed by atoms with Gasteiger partial charge < -0.3 is 4.90 Å². The van der Waals surface area contributed by atoms with E-state index < -0.39 is 0 Å². The van der Waals surface area contributed by atoms with Crippen LogP contribution >= 0.6 is 50.9 Å². The smallest absolute Gasteiger partial charge is 0.0140 e. The Kier molecular flexibility index (Phi) is 33.2. The van der Waals surface area contributed by atoms with Crippen molar-refractivity contribution in [2.75, 3.05) is 21.1 Å². The maximum absolute atomic E-state index is 2.00. The molecule has 0 amide bonds. The van der Waals surface area contributed by atoms with Crippen LogP contribution < -0.4 is 0 Å². The van der Waals surface area contributed by atoms with E-state index in [1.807, 2.05) is 62.4 Å². The zero-order valence-electron chi connectivity index (χ0n) is 8.14. The summed E-state index contributed by atoms with van der Waals surface area (Å²) < 4.78 is 0. The second-order valence-corrected chi connectivity index (χ2v) is 2.50. The van der Waals surface area contributed by atoms with Crippen molar-refractivity contribution in [2.24, 2.45) is 0 Å². The summed E-state index contributed by atoms with van der Waals surface area (Å²) in [6.45, 7) is 0. The van der Waals surface area contributed by atoms with Crippen molar-refractivity contribution < 1.29 is 0 Å². The monoisotopic (exact) mass is 377 g/mol. The van der Waals surface area contributed by atoms with Crippen LogP contribution in [0, 0.1) is 0 Å². The van der Waals surface area contributed by atoms with Gasteiger partial charge in [0.1, 0.15) is 0 Å². The van der Waals surface area contributed by atoms with Gasteiger partial charge in [0.05, 0.1) is 0 Å². The lowest BCUT2D eigenvalue weighted by molar-refractivity contribution is 0.505. The SMILES string of the molecule is Br.Br.Br.CN(C)C.c1ccccc1. The molecule has 0 fully saturated rings. The van der Waals surface area contributed by atoms with E-state index in [-0.39, 0.29) is 50.9 Å². The predicted molar refractivity (Wildman–Crippen MR) is 77.0 cm³/mol. The number of hydrogen-bond acceptors (Lipinski definition) is 1. The average molecular weight is 380 g/mol. The van der Waals surface area contributed by atoms with Gasteiger partial charge in [-0.05, 0) is 21.1 Å². The van der Waals surface area contributed by atoms with E-state index in [1.165, 1.54) is 0 Å². The van der Waals surface area contributed by atoms with Crippen LogP contribution in [-0.2, 0) is 0 Å². The van der Waals surface area contributed by atoms with Gasteiger partial charge >= 0.3 is 0 Å². The molecule has 1 aromatic rings. The Bertz CT molecular complexity index is 115. The first kappa shape index (κ1) is 23.4. The van der Waals surface area contributed by atoms with E-state index in [1.54, 1.807) is 0 Å². The van der Waals surface area contributed by atoms with Crippen LogP contribution in [0.3, 0.4) is 0 Å². The van der Waals surface area contributed by atoms with Crippen LogP contribution in [0.5, 0.6) is 0 Å². The Morgan fingerprint density at radius 1 is 0.538 bits per heavy atom. The Balaban J connectivity index is -0.0000000536. The summed E-state index contributed by atoms with van der Waals surface area (Å²) in [6, 6.07) is 12.0. The van der Waals surface area contributed by atoms with Gasteiger partial charge in [-0.2, -0.15) is 0 Å². The first-order chi connectivity index (χ1) is 4.73. The molecule has 0 aliphatic rings. The molecule has 0 aliphatic heterocycles. The van der Waals surface area contributed by atoms with Crippen molar-refractivity contribution >= 4 is 50.9 Å². The second kappa shape index (κ2) is 18.4. The summed E-state index contributed by atoms with van der Waals surface area (Å²) in [4.78, 5) is 2.00. The molecule has 0 radical (unpaired) electrons. The highest BCUT2D eigenvalue weighted by Crippen LogP contribution is 1.79. The van der Waals surface area contributed by atoms with Gasteiger partial charge in [0.15, 0.2) is 0 Å². The lowest BCUT2D eigenvalue weighted by atomic mass is 10.4. The van der Waals surface area contributed by atoms with E-state index in [4.69, 9.17) is 0 Å². The quantitative estimate of drug-likeness (QED) is 0.665. The summed E-state index contributed by atoms with van der Waals surface area (Å²) in [5.74, 6) is 0. The summed E-state index contributed by atoms with van der Waals surface area (Å²) in [5.41, 5.74) is 0. The van der Waals surface area contributed by atoms with Crippen molar-refractivity contribution in [3.63, 3.8) is 0 Å². The summed E-state index contributed by atoms with van der Waals surface area (Å²) in [5, 5.41) is 0. The summed E-state index contributed by atoms with van der Waals surface area (Å²) >= 11 is 0. The maximum Gasteiger partial charge on any atom is -0.0140 e. The van der Waals surface area contributed by atoms with Crippen LogP contribution in [0.25, 0.3) is 0 Å². The molecule has 0 saturated heterocycles. The van der Waals surface area contributed by atoms with Crippen LogP contribution in [0.15, 0.2) is 36.4 Å². The Morgan fingerprint density at radius 3 is 0.692 bits per heavy atom. The zero-order valence-corrected chi connectivity index (χ0v) is 13.3. The van der Waals surface area contributed by atoms with Crippen molar-refractivity contribution in [1.82, 2.24) is 4.90 Å². The fourth-order valence-electron chi connectivity index (χ4n) is 0.385. The molecule has 0 heterocycles. The average Bonchev–Trinajstić information content (AvgIpc) is 1.90. The van der Waals surface area contributed by atoms with Crippen molar-refractivity contribution in [2.45, 2.75) is 0 Å². The van der Waals surface area contributed by atoms with Crippen molar-refractivity contribution in [1.29, 1.82) is 0 Å². The molecule has 0 saturated carbocycles. The molecule has 0 aromatic heterocycles. The standard InChI is InChI=1S/C6H6.C3H9N.3BrH/c1-2-4-6-5-3-1;1-4(2)3;;;/h1-6H;1-3H3;3*1H. The number of hydrogen-bond donors (Lipinski definition) is 0. The molecule has 0 spiro atoms. The predicted octanol–water partition coefficient (Wildman–Crippen LogP) is 3.60. The first-order valence-electron chi connectivity index (χ1n) is 3.34. The van der Waals surface area contributed by atoms with E-state index in [0.29, 0.717) is 0 Å². The first-order valence-corrected chi connectivity index (χ1v) is 3.34.